The molecular formula is C9H15N3O2S. The van der Waals surface area contributed by atoms with Crippen LogP contribution in [-0.2, 0) is 11.3 Å². The number of nitrogens with two attached hydrogens (primary N) is 1. The first-order valence-electron chi connectivity index (χ1n) is 4.57. The second-order valence-corrected chi connectivity index (χ2v) is 4.56. The Balaban J connectivity index is 2.42. The summed E-state index contributed by atoms with van der Waals surface area (Å²) < 4.78 is 0. The van der Waals surface area contributed by atoms with Crippen LogP contribution in [0.25, 0.3) is 0 Å². The Kier molecular flexibility index (Phi) is 4.19. The van der Waals surface area contributed by atoms with E-state index in [1.807, 2.05) is 24.3 Å². The van der Waals surface area contributed by atoms with E-state index in [0.29, 0.717) is 13.1 Å². The number of thiazole rings is 1. The van der Waals surface area contributed by atoms with Crippen LogP contribution in [0.4, 0.5) is 0 Å². The highest BCUT2D eigenvalue weighted by atomic mass is 32.1. The van der Waals surface area contributed by atoms with Crippen molar-refractivity contribution in [3.63, 3.8) is 0 Å². The van der Waals surface area contributed by atoms with Gasteiger partial charge in [-0.3, -0.25) is 9.69 Å². The quantitative estimate of drug-likeness (QED) is 0.759. The minimum absolute atomic E-state index is 0.325. The Labute approximate surface area is 92.5 Å². The highest BCUT2D eigenvalue weighted by molar-refractivity contribution is 7.09. The molecule has 0 saturated carbocycles. The van der Waals surface area contributed by atoms with Crippen LogP contribution in [0.1, 0.15) is 10.7 Å². The molecular weight excluding hydrogens is 214 g/mol. The summed E-state index contributed by atoms with van der Waals surface area (Å²) in [4.78, 5) is 16.7. The molecule has 1 atom stereocenters. The predicted molar refractivity (Wildman–Crippen MR) is 58.8 cm³/mol. The Morgan fingerprint density at radius 2 is 2.47 bits per heavy atom. The molecule has 3 N–H and O–H groups in total. The Morgan fingerprint density at radius 3 is 2.93 bits per heavy atom. The molecule has 0 aliphatic carbocycles. The second-order valence-electron chi connectivity index (χ2n) is 3.50. The minimum Gasteiger partial charge on any atom is -0.480 e. The molecule has 1 rings (SSSR count). The highest BCUT2D eigenvalue weighted by Crippen LogP contribution is 2.09. The second kappa shape index (κ2) is 5.20. The lowest BCUT2D eigenvalue weighted by atomic mass is 10.3. The fourth-order valence-corrected chi connectivity index (χ4v) is 1.84. The van der Waals surface area contributed by atoms with Gasteiger partial charge in [0, 0.05) is 18.5 Å². The first kappa shape index (κ1) is 12.1. The number of aryl methyl sites for hydroxylation is 1. The van der Waals surface area contributed by atoms with E-state index in [2.05, 4.69) is 4.98 Å². The zero-order chi connectivity index (χ0) is 11.4. The molecule has 0 bridgehead atoms. The number of hydrogen-bond acceptors (Lipinski definition) is 5. The zero-order valence-corrected chi connectivity index (χ0v) is 9.62. The average molecular weight is 229 g/mol. The van der Waals surface area contributed by atoms with Crippen molar-refractivity contribution < 1.29 is 9.90 Å². The zero-order valence-electron chi connectivity index (χ0n) is 8.80. The predicted octanol–water partition coefficient (Wildman–Crippen LogP) is 0.295. The van der Waals surface area contributed by atoms with Crippen LogP contribution < -0.4 is 5.73 Å². The molecule has 0 fully saturated rings. The lowest BCUT2D eigenvalue weighted by molar-refractivity contribution is -0.138. The van der Waals surface area contributed by atoms with Crippen LogP contribution in [0, 0.1) is 6.92 Å². The summed E-state index contributed by atoms with van der Waals surface area (Å²) in [7, 11) is 1.83. The highest BCUT2D eigenvalue weighted by Gasteiger charge is 2.14. The Hall–Kier alpha value is -0.980. The third kappa shape index (κ3) is 3.94. The Bertz CT molecular complexity index is 340. The van der Waals surface area contributed by atoms with Gasteiger partial charge < -0.3 is 10.8 Å². The van der Waals surface area contributed by atoms with Gasteiger partial charge in [-0.1, -0.05) is 0 Å². The summed E-state index contributed by atoms with van der Waals surface area (Å²) in [5.41, 5.74) is 6.37. The molecule has 0 saturated heterocycles. The van der Waals surface area contributed by atoms with Crippen LogP contribution >= 0.6 is 11.3 Å². The molecule has 1 unspecified atom stereocenters. The molecule has 0 aromatic carbocycles. The fraction of sp³-hybridized carbons (Fsp3) is 0.556. The molecule has 0 spiro atoms. The van der Waals surface area contributed by atoms with Gasteiger partial charge in [0.25, 0.3) is 0 Å². The number of aromatic nitrogens is 1. The van der Waals surface area contributed by atoms with E-state index in [9.17, 15) is 4.79 Å². The van der Waals surface area contributed by atoms with Gasteiger partial charge in [-0.25, -0.2) is 4.98 Å². The number of likely N-dealkylation sites (N-methyl/N-ethyl adjacent to an activating group) is 1. The van der Waals surface area contributed by atoms with E-state index < -0.39 is 12.0 Å². The summed E-state index contributed by atoms with van der Waals surface area (Å²) in [6.45, 7) is 2.90. The SMILES string of the molecule is Cc1nc(CN(C)CC(N)C(=O)O)cs1. The van der Waals surface area contributed by atoms with Crippen LogP contribution in [0.2, 0.25) is 0 Å². The van der Waals surface area contributed by atoms with Gasteiger partial charge in [-0.2, -0.15) is 0 Å². The van der Waals surface area contributed by atoms with E-state index in [1.54, 1.807) is 11.3 Å². The first-order valence-corrected chi connectivity index (χ1v) is 5.45. The number of aliphatic carboxylic acids is 1. The molecule has 6 heteroatoms. The standard InChI is InChI=1S/C9H15N3O2S/c1-6-11-7(5-15-6)3-12(2)4-8(10)9(13)14/h5,8H,3-4,10H2,1-2H3,(H,13,14). The largest absolute Gasteiger partial charge is 0.480 e. The van der Waals surface area contributed by atoms with E-state index >= 15 is 0 Å². The van der Waals surface area contributed by atoms with Crippen LogP contribution in [0.5, 0.6) is 0 Å². The Morgan fingerprint density at radius 1 is 1.80 bits per heavy atom. The molecule has 0 aliphatic rings. The van der Waals surface area contributed by atoms with E-state index in [-0.39, 0.29) is 0 Å². The van der Waals surface area contributed by atoms with Crippen LogP contribution in [0.15, 0.2) is 5.38 Å². The van der Waals surface area contributed by atoms with Gasteiger partial charge in [-0.05, 0) is 14.0 Å². The molecule has 1 aromatic rings. The summed E-state index contributed by atoms with van der Waals surface area (Å²) in [5.74, 6) is -0.976. The number of carbonyl (C=O) groups is 1. The molecule has 0 aliphatic heterocycles. The van der Waals surface area contributed by atoms with Gasteiger partial charge in [0.15, 0.2) is 0 Å². The van der Waals surface area contributed by atoms with Crippen molar-refractivity contribution >= 4 is 17.3 Å². The van der Waals surface area contributed by atoms with Gasteiger partial charge >= 0.3 is 5.97 Å². The summed E-state index contributed by atoms with van der Waals surface area (Å²) >= 11 is 1.59. The van der Waals surface area contributed by atoms with E-state index in [1.165, 1.54) is 0 Å². The normalized spacial score (nSPS) is 13.1. The fourth-order valence-electron chi connectivity index (χ4n) is 1.24. The summed E-state index contributed by atoms with van der Waals surface area (Å²) in [6.07, 6.45) is 0. The number of hydrogen-bond donors (Lipinski definition) is 2. The lowest BCUT2D eigenvalue weighted by Crippen LogP contribution is -2.40. The first-order chi connectivity index (χ1) is 6.99. The average Bonchev–Trinajstić information content (AvgIpc) is 2.50. The van der Waals surface area contributed by atoms with Crippen molar-refractivity contribution in [2.75, 3.05) is 13.6 Å². The molecule has 0 radical (unpaired) electrons. The topological polar surface area (TPSA) is 79.5 Å². The molecule has 0 amide bonds. The van der Waals surface area contributed by atoms with Crippen molar-refractivity contribution in [2.45, 2.75) is 19.5 Å². The third-order valence-corrected chi connectivity index (χ3v) is 2.75. The molecule has 1 heterocycles. The molecule has 1 aromatic heterocycles. The maximum absolute atomic E-state index is 10.5. The molecule has 15 heavy (non-hydrogen) atoms. The van der Waals surface area contributed by atoms with Crippen molar-refractivity contribution in [1.82, 2.24) is 9.88 Å². The number of carboxylic acid groups (broad SMARTS) is 1. The minimum atomic E-state index is -0.976. The van der Waals surface area contributed by atoms with Gasteiger partial charge in [0.05, 0.1) is 10.7 Å². The van der Waals surface area contributed by atoms with Crippen molar-refractivity contribution in [3.8, 4) is 0 Å². The number of carboxylic acids is 1. The van der Waals surface area contributed by atoms with Gasteiger partial charge in [0.2, 0.25) is 0 Å². The van der Waals surface area contributed by atoms with Crippen molar-refractivity contribution in [1.29, 1.82) is 0 Å². The molecule has 5 nitrogen and oxygen atoms in total. The van der Waals surface area contributed by atoms with E-state index in [4.69, 9.17) is 10.8 Å². The van der Waals surface area contributed by atoms with Gasteiger partial charge in [0.1, 0.15) is 6.04 Å². The van der Waals surface area contributed by atoms with Crippen molar-refractivity contribution in [2.24, 2.45) is 5.73 Å². The van der Waals surface area contributed by atoms with Crippen LogP contribution in [0.3, 0.4) is 0 Å². The van der Waals surface area contributed by atoms with Crippen LogP contribution in [-0.4, -0.2) is 40.6 Å². The number of rotatable bonds is 5. The van der Waals surface area contributed by atoms with Crippen molar-refractivity contribution in [3.05, 3.63) is 16.1 Å². The van der Waals surface area contributed by atoms with E-state index in [0.717, 1.165) is 10.7 Å². The lowest BCUT2D eigenvalue weighted by Gasteiger charge is -2.17. The summed E-state index contributed by atoms with van der Waals surface area (Å²) in [6, 6.07) is -0.838. The third-order valence-electron chi connectivity index (χ3n) is 1.92. The monoisotopic (exact) mass is 229 g/mol. The summed E-state index contributed by atoms with van der Waals surface area (Å²) in [5, 5.41) is 11.6. The molecule has 84 valence electrons. The maximum atomic E-state index is 10.5. The number of nitrogens with zero attached hydrogens (tertiary/aromatic N) is 2. The maximum Gasteiger partial charge on any atom is 0.321 e. The van der Waals surface area contributed by atoms with Gasteiger partial charge in [-0.15, -0.1) is 11.3 Å². The smallest absolute Gasteiger partial charge is 0.321 e.